The van der Waals surface area contributed by atoms with Gasteiger partial charge >= 0.3 is 6.18 Å². The molecule has 7 heteroatoms. The van der Waals surface area contributed by atoms with Crippen LogP contribution in [0.5, 0.6) is 11.5 Å². The molecule has 0 radical (unpaired) electrons. The van der Waals surface area contributed by atoms with Gasteiger partial charge in [-0.15, -0.1) is 0 Å². The molecule has 0 spiro atoms. The summed E-state index contributed by atoms with van der Waals surface area (Å²) in [7, 11) is 0. The summed E-state index contributed by atoms with van der Waals surface area (Å²) in [6.07, 6.45) is -4.52. The molecule has 2 nitrogen and oxygen atoms in total. The van der Waals surface area contributed by atoms with E-state index in [1.807, 2.05) is 0 Å². The van der Waals surface area contributed by atoms with E-state index >= 15 is 0 Å². The van der Waals surface area contributed by atoms with Gasteiger partial charge in [-0.25, -0.2) is 0 Å². The normalized spacial score (nSPS) is 11.4. The molecular formula is C13H8Cl2F3NO. The van der Waals surface area contributed by atoms with Crippen LogP contribution in [0.15, 0.2) is 36.4 Å². The minimum absolute atomic E-state index is 0.0360. The zero-order valence-corrected chi connectivity index (χ0v) is 11.4. The fraction of sp³-hybridized carbons (Fsp3) is 0.0769. The number of hydrogen-bond donors (Lipinski definition) is 1. The molecule has 0 heterocycles. The molecular weight excluding hydrogens is 314 g/mol. The summed E-state index contributed by atoms with van der Waals surface area (Å²) in [6, 6.07) is 7.81. The molecule has 2 rings (SSSR count). The van der Waals surface area contributed by atoms with E-state index in [-0.39, 0.29) is 15.8 Å². The Morgan fingerprint density at radius 3 is 1.90 bits per heavy atom. The van der Waals surface area contributed by atoms with Crippen molar-refractivity contribution in [2.24, 2.45) is 0 Å². The van der Waals surface area contributed by atoms with Crippen molar-refractivity contribution in [3.63, 3.8) is 0 Å². The highest BCUT2D eigenvalue weighted by atomic mass is 35.5. The van der Waals surface area contributed by atoms with Gasteiger partial charge in [0.15, 0.2) is 5.75 Å². The lowest BCUT2D eigenvalue weighted by molar-refractivity contribution is -0.137. The van der Waals surface area contributed by atoms with Gasteiger partial charge in [0, 0.05) is 5.69 Å². The van der Waals surface area contributed by atoms with E-state index in [4.69, 9.17) is 33.7 Å². The number of hydrogen-bond acceptors (Lipinski definition) is 2. The summed E-state index contributed by atoms with van der Waals surface area (Å²) in [6.45, 7) is 0. The van der Waals surface area contributed by atoms with Gasteiger partial charge in [-0.2, -0.15) is 13.2 Å². The van der Waals surface area contributed by atoms with Crippen LogP contribution in [0.2, 0.25) is 10.0 Å². The van der Waals surface area contributed by atoms with Crippen molar-refractivity contribution in [1.82, 2.24) is 0 Å². The van der Waals surface area contributed by atoms with Crippen LogP contribution in [0.4, 0.5) is 18.9 Å². The van der Waals surface area contributed by atoms with E-state index in [0.29, 0.717) is 11.4 Å². The number of halogens is 5. The molecule has 0 aromatic heterocycles. The predicted octanol–water partition coefficient (Wildman–Crippen LogP) is 5.39. The van der Waals surface area contributed by atoms with Crippen molar-refractivity contribution in [2.75, 3.05) is 5.73 Å². The molecule has 2 aromatic carbocycles. The van der Waals surface area contributed by atoms with E-state index in [9.17, 15) is 13.2 Å². The minimum Gasteiger partial charge on any atom is -0.454 e. The van der Waals surface area contributed by atoms with Crippen LogP contribution < -0.4 is 10.5 Å². The van der Waals surface area contributed by atoms with E-state index in [1.165, 1.54) is 0 Å². The molecule has 20 heavy (non-hydrogen) atoms. The number of benzene rings is 2. The van der Waals surface area contributed by atoms with Crippen molar-refractivity contribution in [2.45, 2.75) is 6.18 Å². The molecule has 0 saturated heterocycles. The number of ether oxygens (including phenoxy) is 1. The fourth-order valence-corrected chi connectivity index (χ4v) is 2.04. The smallest absolute Gasteiger partial charge is 0.416 e. The van der Waals surface area contributed by atoms with Gasteiger partial charge in [0.1, 0.15) is 5.75 Å². The molecule has 106 valence electrons. The van der Waals surface area contributed by atoms with Crippen LogP contribution in [0, 0.1) is 0 Å². The van der Waals surface area contributed by atoms with Crippen molar-refractivity contribution in [3.8, 4) is 11.5 Å². The van der Waals surface area contributed by atoms with Gasteiger partial charge in [0.2, 0.25) is 0 Å². The second-order valence-electron chi connectivity index (χ2n) is 3.94. The Morgan fingerprint density at radius 1 is 0.950 bits per heavy atom. The maximum absolute atomic E-state index is 12.6. The summed E-state index contributed by atoms with van der Waals surface area (Å²) in [5.74, 6) is 0.328. The molecule has 0 aliphatic carbocycles. The zero-order chi connectivity index (χ0) is 14.9. The average Bonchev–Trinajstić information content (AvgIpc) is 2.34. The number of nitrogen functional groups attached to an aromatic ring is 1. The van der Waals surface area contributed by atoms with Crippen molar-refractivity contribution < 1.29 is 17.9 Å². The largest absolute Gasteiger partial charge is 0.454 e. The number of nitrogens with two attached hydrogens (primary N) is 1. The van der Waals surface area contributed by atoms with E-state index in [1.54, 1.807) is 24.3 Å². The molecule has 0 aliphatic heterocycles. The molecule has 0 aliphatic rings. The highest BCUT2D eigenvalue weighted by Crippen LogP contribution is 2.41. The topological polar surface area (TPSA) is 35.2 Å². The standard InChI is InChI=1S/C13H8Cl2F3NO/c14-10-5-7(13(16,17)18)6-11(15)12(10)20-9-3-1-8(19)2-4-9/h1-6H,19H2. The van der Waals surface area contributed by atoms with Crippen LogP contribution in [0.3, 0.4) is 0 Å². The molecule has 0 fully saturated rings. The van der Waals surface area contributed by atoms with Gasteiger partial charge in [0.25, 0.3) is 0 Å². The molecule has 0 atom stereocenters. The SMILES string of the molecule is Nc1ccc(Oc2c(Cl)cc(C(F)(F)F)cc2Cl)cc1. The second-order valence-corrected chi connectivity index (χ2v) is 4.75. The average molecular weight is 322 g/mol. The van der Waals surface area contributed by atoms with Gasteiger partial charge < -0.3 is 10.5 Å². The van der Waals surface area contributed by atoms with E-state index < -0.39 is 11.7 Å². The number of alkyl halides is 3. The van der Waals surface area contributed by atoms with Crippen LogP contribution in [-0.4, -0.2) is 0 Å². The lowest BCUT2D eigenvalue weighted by Crippen LogP contribution is -2.05. The first-order valence-electron chi connectivity index (χ1n) is 5.37. The third kappa shape index (κ3) is 3.29. The number of rotatable bonds is 2. The molecule has 0 bridgehead atoms. The lowest BCUT2D eigenvalue weighted by atomic mass is 10.2. The summed E-state index contributed by atoms with van der Waals surface area (Å²) < 4.78 is 43.1. The third-order valence-electron chi connectivity index (χ3n) is 2.43. The van der Waals surface area contributed by atoms with Gasteiger partial charge in [-0.1, -0.05) is 23.2 Å². The first-order valence-corrected chi connectivity index (χ1v) is 6.12. The maximum Gasteiger partial charge on any atom is 0.416 e. The third-order valence-corrected chi connectivity index (χ3v) is 2.99. The Hall–Kier alpha value is -1.59. The van der Waals surface area contributed by atoms with Crippen molar-refractivity contribution >= 4 is 28.9 Å². The maximum atomic E-state index is 12.6. The predicted molar refractivity (Wildman–Crippen MR) is 72.4 cm³/mol. The lowest BCUT2D eigenvalue weighted by Gasteiger charge is -2.13. The second kappa shape index (κ2) is 5.42. The highest BCUT2D eigenvalue weighted by Gasteiger charge is 2.32. The summed E-state index contributed by atoms with van der Waals surface area (Å²) in [4.78, 5) is 0. The summed E-state index contributed by atoms with van der Waals surface area (Å²) >= 11 is 11.6. The Bertz CT molecular complexity index is 603. The molecule has 0 saturated carbocycles. The quantitative estimate of drug-likeness (QED) is 0.753. The first-order chi connectivity index (χ1) is 9.27. The van der Waals surface area contributed by atoms with Crippen LogP contribution in [0.1, 0.15) is 5.56 Å². The van der Waals surface area contributed by atoms with Gasteiger partial charge in [-0.05, 0) is 36.4 Å². The van der Waals surface area contributed by atoms with E-state index in [2.05, 4.69) is 0 Å². The highest BCUT2D eigenvalue weighted by molar-refractivity contribution is 6.37. The van der Waals surface area contributed by atoms with E-state index in [0.717, 1.165) is 12.1 Å². The fourth-order valence-electron chi connectivity index (χ4n) is 1.47. The Balaban J connectivity index is 2.36. The Kier molecular flexibility index (Phi) is 4.01. The Morgan fingerprint density at radius 2 is 1.45 bits per heavy atom. The van der Waals surface area contributed by atoms with Gasteiger partial charge in [0.05, 0.1) is 15.6 Å². The summed E-state index contributed by atoms with van der Waals surface area (Å²) in [5.41, 5.74) is 5.11. The molecule has 0 amide bonds. The van der Waals surface area contributed by atoms with Crippen molar-refractivity contribution in [1.29, 1.82) is 0 Å². The first kappa shape index (κ1) is 14.8. The van der Waals surface area contributed by atoms with Gasteiger partial charge in [-0.3, -0.25) is 0 Å². The zero-order valence-electron chi connectivity index (χ0n) is 9.84. The summed E-state index contributed by atoms with van der Waals surface area (Å²) in [5, 5.41) is -0.441. The monoisotopic (exact) mass is 321 g/mol. The van der Waals surface area contributed by atoms with Crippen LogP contribution in [0.25, 0.3) is 0 Å². The molecule has 2 N–H and O–H groups in total. The van der Waals surface area contributed by atoms with Crippen LogP contribution >= 0.6 is 23.2 Å². The number of anilines is 1. The molecule has 0 unspecified atom stereocenters. The van der Waals surface area contributed by atoms with Crippen LogP contribution in [-0.2, 0) is 6.18 Å². The van der Waals surface area contributed by atoms with Crippen molar-refractivity contribution in [3.05, 3.63) is 52.0 Å². The Labute approximate surface area is 122 Å². The minimum atomic E-state index is -4.52. The molecule has 2 aromatic rings.